The molecule has 0 spiro atoms. The monoisotopic (exact) mass is 401 g/mol. The number of nitrogens with zero attached hydrogens (tertiary/aromatic N) is 1. The molecule has 2 rings (SSSR count). The number of hydrogen-bond donors (Lipinski definition) is 1. The van der Waals surface area contributed by atoms with Crippen LogP contribution < -0.4 is 5.19 Å². The first kappa shape index (κ1) is 21.1. The summed E-state index contributed by atoms with van der Waals surface area (Å²) in [4.78, 5) is 3.43. The maximum absolute atomic E-state index is 13.7. The maximum Gasteiger partial charge on any atom is 0.200 e. The fourth-order valence-corrected chi connectivity index (χ4v) is 6.99. The Labute approximate surface area is 155 Å². The van der Waals surface area contributed by atoms with E-state index in [1.165, 1.54) is 6.07 Å². The molecule has 27 heavy (non-hydrogen) atoms. The molecule has 146 valence electrons. The Kier molecular flexibility index (Phi) is 6.41. The summed E-state index contributed by atoms with van der Waals surface area (Å²) in [6.07, 6.45) is 0.914. The molecule has 0 aliphatic rings. The second kappa shape index (κ2) is 8.20. The van der Waals surface area contributed by atoms with Gasteiger partial charge in [-0.1, -0.05) is 51.0 Å². The summed E-state index contributed by atoms with van der Waals surface area (Å²) in [7, 11) is -1.95. The number of halogens is 5. The lowest BCUT2D eigenvalue weighted by Gasteiger charge is -2.29. The van der Waals surface area contributed by atoms with Crippen molar-refractivity contribution in [3.05, 3.63) is 52.8 Å². The van der Waals surface area contributed by atoms with E-state index in [0.29, 0.717) is 0 Å². The van der Waals surface area contributed by atoms with Crippen LogP contribution in [0.25, 0.3) is 0 Å². The first-order valence-electron chi connectivity index (χ1n) is 8.61. The largest absolute Gasteiger partial charge is 0.507 e. The minimum absolute atomic E-state index is 0.0673. The second-order valence-electron chi connectivity index (χ2n) is 6.26. The van der Waals surface area contributed by atoms with E-state index in [4.69, 9.17) is 0 Å². The van der Waals surface area contributed by atoms with Gasteiger partial charge in [-0.2, -0.15) is 0 Å². The summed E-state index contributed by atoms with van der Waals surface area (Å²) in [5.74, 6) is -10.5. The van der Waals surface area contributed by atoms with Gasteiger partial charge in [-0.15, -0.1) is 0 Å². The Morgan fingerprint density at radius 2 is 1.33 bits per heavy atom. The minimum atomic E-state index is -2.24. The van der Waals surface area contributed by atoms with Crippen molar-refractivity contribution in [1.29, 1.82) is 0 Å². The van der Waals surface area contributed by atoms with Crippen LogP contribution in [0.4, 0.5) is 27.6 Å². The Morgan fingerprint density at radius 3 is 1.81 bits per heavy atom. The van der Waals surface area contributed by atoms with E-state index in [-0.39, 0.29) is 11.3 Å². The van der Waals surface area contributed by atoms with Crippen molar-refractivity contribution < 1.29 is 27.1 Å². The highest BCUT2D eigenvalue weighted by atomic mass is 28.3. The predicted octanol–water partition coefficient (Wildman–Crippen LogP) is 5.55. The molecular weight excluding hydrogens is 381 g/mol. The van der Waals surface area contributed by atoms with E-state index in [2.05, 4.69) is 4.99 Å². The zero-order chi connectivity index (χ0) is 20.4. The SMILES string of the molecule is CC[Si](CC)(CC)c1cccc(C=Nc2c(F)c(F)c(F)c(F)c2F)c1O. The van der Waals surface area contributed by atoms with E-state index in [1.54, 1.807) is 6.07 Å². The standard InChI is InChI=1S/C19H20F5NOSi/c1-4-27(5-2,6-3)12-9-7-8-11(19(12)26)10-25-18-16(23)14(21)13(20)15(22)17(18)24/h7-10,26H,4-6H2,1-3H3. The highest BCUT2D eigenvalue weighted by molar-refractivity contribution is 6.92. The van der Waals surface area contributed by atoms with E-state index in [1.807, 2.05) is 26.8 Å². The zero-order valence-electron chi connectivity index (χ0n) is 15.2. The van der Waals surface area contributed by atoms with Gasteiger partial charge in [0.25, 0.3) is 0 Å². The molecule has 2 aromatic carbocycles. The van der Waals surface area contributed by atoms with Gasteiger partial charge < -0.3 is 5.11 Å². The molecule has 0 heterocycles. The zero-order valence-corrected chi connectivity index (χ0v) is 16.2. The number of aliphatic imine (C=N–C) groups is 1. The summed E-state index contributed by atoms with van der Waals surface area (Å²) < 4.78 is 67.2. The third kappa shape index (κ3) is 3.62. The van der Waals surface area contributed by atoms with E-state index in [0.717, 1.165) is 29.5 Å². The Bertz CT molecular complexity index is 844. The number of benzene rings is 2. The lowest BCUT2D eigenvalue weighted by molar-refractivity contribution is 0.381. The van der Waals surface area contributed by atoms with Crippen LogP contribution in [0.1, 0.15) is 26.3 Å². The molecule has 2 aromatic rings. The van der Waals surface area contributed by atoms with Crippen LogP contribution >= 0.6 is 0 Å². The van der Waals surface area contributed by atoms with Gasteiger partial charge >= 0.3 is 0 Å². The molecule has 8 heteroatoms. The van der Waals surface area contributed by atoms with E-state index >= 15 is 0 Å². The second-order valence-corrected chi connectivity index (χ2v) is 11.5. The first-order valence-corrected chi connectivity index (χ1v) is 11.2. The summed E-state index contributed by atoms with van der Waals surface area (Å²) in [5.41, 5.74) is -1.13. The van der Waals surface area contributed by atoms with Crippen molar-refractivity contribution in [2.75, 3.05) is 0 Å². The first-order chi connectivity index (χ1) is 12.7. The topological polar surface area (TPSA) is 32.6 Å². The van der Waals surface area contributed by atoms with Crippen LogP contribution in [0.15, 0.2) is 23.2 Å². The fraction of sp³-hybridized carbons (Fsp3) is 0.316. The van der Waals surface area contributed by atoms with Gasteiger partial charge in [0.2, 0.25) is 5.82 Å². The smallest absolute Gasteiger partial charge is 0.200 e. The van der Waals surface area contributed by atoms with Crippen molar-refractivity contribution in [2.45, 2.75) is 38.9 Å². The number of phenolic OH excluding ortho intramolecular Hbond substituents is 1. The summed E-state index contributed by atoms with van der Waals surface area (Å²) >= 11 is 0. The van der Waals surface area contributed by atoms with Gasteiger partial charge in [-0.25, -0.2) is 26.9 Å². The van der Waals surface area contributed by atoms with Gasteiger partial charge in [0.15, 0.2) is 23.3 Å². The lowest BCUT2D eigenvalue weighted by Crippen LogP contribution is -2.46. The number of rotatable bonds is 6. The average molecular weight is 401 g/mol. The maximum atomic E-state index is 13.7. The van der Waals surface area contributed by atoms with Crippen LogP contribution in [0.5, 0.6) is 5.75 Å². The molecule has 0 saturated heterocycles. The third-order valence-corrected chi connectivity index (χ3v) is 10.8. The van der Waals surface area contributed by atoms with Crippen LogP contribution in [0, 0.1) is 29.1 Å². The molecule has 0 bridgehead atoms. The molecule has 0 aliphatic heterocycles. The minimum Gasteiger partial charge on any atom is -0.507 e. The Balaban J connectivity index is 2.56. The van der Waals surface area contributed by atoms with Crippen LogP contribution in [-0.4, -0.2) is 19.4 Å². The van der Waals surface area contributed by atoms with Gasteiger partial charge in [0, 0.05) is 11.8 Å². The van der Waals surface area contributed by atoms with E-state index in [9.17, 15) is 27.1 Å². The fourth-order valence-electron chi connectivity index (χ4n) is 3.26. The highest BCUT2D eigenvalue weighted by Gasteiger charge is 2.32. The quantitative estimate of drug-likeness (QED) is 0.222. The van der Waals surface area contributed by atoms with Crippen LogP contribution in [0.2, 0.25) is 18.1 Å². The highest BCUT2D eigenvalue weighted by Crippen LogP contribution is 2.30. The van der Waals surface area contributed by atoms with Crippen molar-refractivity contribution >= 4 is 25.2 Å². The molecule has 0 aliphatic carbocycles. The van der Waals surface area contributed by atoms with Crippen molar-refractivity contribution in [1.82, 2.24) is 0 Å². The van der Waals surface area contributed by atoms with E-state index < -0.39 is 42.8 Å². The number of aromatic hydroxyl groups is 1. The summed E-state index contributed by atoms with van der Waals surface area (Å²) in [6, 6.07) is 7.64. The Morgan fingerprint density at radius 1 is 0.852 bits per heavy atom. The molecule has 0 aromatic heterocycles. The number of phenols is 1. The predicted molar refractivity (Wildman–Crippen MR) is 98.4 cm³/mol. The van der Waals surface area contributed by atoms with Crippen LogP contribution in [0.3, 0.4) is 0 Å². The number of para-hydroxylation sites is 1. The van der Waals surface area contributed by atoms with Gasteiger partial charge in [-0.3, -0.25) is 0 Å². The van der Waals surface area contributed by atoms with Crippen molar-refractivity contribution in [2.24, 2.45) is 4.99 Å². The van der Waals surface area contributed by atoms with Crippen molar-refractivity contribution in [3.8, 4) is 5.75 Å². The molecule has 1 N–H and O–H groups in total. The Hall–Kier alpha value is -2.22. The van der Waals surface area contributed by atoms with Crippen molar-refractivity contribution in [3.63, 3.8) is 0 Å². The molecule has 0 atom stereocenters. The molecule has 0 amide bonds. The number of hydrogen-bond acceptors (Lipinski definition) is 2. The van der Waals surface area contributed by atoms with Gasteiger partial charge in [0.05, 0.1) is 8.07 Å². The molecule has 0 radical (unpaired) electrons. The third-order valence-electron chi connectivity index (χ3n) is 5.19. The molecule has 0 unspecified atom stereocenters. The average Bonchev–Trinajstić information content (AvgIpc) is 2.68. The summed E-state index contributed by atoms with van der Waals surface area (Å²) in [5, 5.41) is 11.4. The summed E-state index contributed by atoms with van der Waals surface area (Å²) in [6.45, 7) is 6.15. The van der Waals surface area contributed by atoms with Gasteiger partial charge in [-0.05, 0) is 11.3 Å². The van der Waals surface area contributed by atoms with Crippen LogP contribution in [-0.2, 0) is 0 Å². The molecule has 2 nitrogen and oxygen atoms in total. The normalized spacial score (nSPS) is 12.1. The molecule has 0 saturated carbocycles. The lowest BCUT2D eigenvalue weighted by atomic mass is 10.2. The molecule has 0 fully saturated rings. The molecular formula is C19H20F5NOSi. The van der Waals surface area contributed by atoms with Gasteiger partial charge in [0.1, 0.15) is 11.4 Å².